The van der Waals surface area contributed by atoms with E-state index >= 15 is 0 Å². The molecule has 0 radical (unpaired) electrons. The summed E-state index contributed by atoms with van der Waals surface area (Å²) in [6, 6.07) is 0. The maximum atomic E-state index is 10.3. The lowest BCUT2D eigenvalue weighted by Crippen LogP contribution is -2.18. The van der Waals surface area contributed by atoms with Gasteiger partial charge >= 0.3 is 0 Å². The molecule has 98 valence electrons. The average Bonchev–Trinajstić information content (AvgIpc) is 2.97. The Bertz CT molecular complexity index is 451. The summed E-state index contributed by atoms with van der Waals surface area (Å²) in [7, 11) is 1.79. The van der Waals surface area contributed by atoms with Crippen LogP contribution in [0, 0.1) is 0 Å². The minimum atomic E-state index is -0.641. The van der Waals surface area contributed by atoms with Crippen molar-refractivity contribution in [3.8, 4) is 17.2 Å². The van der Waals surface area contributed by atoms with Crippen molar-refractivity contribution in [2.75, 3.05) is 26.8 Å². The molecule has 1 aromatic carbocycles. The first-order chi connectivity index (χ1) is 8.74. The molecule has 0 aromatic heterocycles. The van der Waals surface area contributed by atoms with E-state index in [4.69, 9.17) is 9.47 Å². The van der Waals surface area contributed by atoms with Crippen molar-refractivity contribution in [2.45, 2.75) is 18.9 Å². The first-order valence-corrected chi connectivity index (χ1v) is 6.22. The summed E-state index contributed by atoms with van der Waals surface area (Å²) in [5.74, 6) is 1.37. The number of rotatable bonds is 3. The zero-order valence-corrected chi connectivity index (χ0v) is 10.3. The number of fused-ring (bicyclic) bond motifs is 2. The number of aliphatic hydroxyl groups excluding tert-OH is 1. The van der Waals surface area contributed by atoms with Crippen molar-refractivity contribution in [2.24, 2.45) is 0 Å². The second kappa shape index (κ2) is 4.33. The maximum Gasteiger partial charge on any atom is 0.165 e. The standard InChI is InChI=1S/C13H17NO4/c1-14-6-9(15)10-7-2-4-18-13(7)11(16)8-3-5-17-12(8)10/h9,14-16H,2-6H2,1H3. The number of aliphatic hydroxyl groups is 1. The molecule has 5 nitrogen and oxygen atoms in total. The van der Waals surface area contributed by atoms with Crippen LogP contribution in [-0.2, 0) is 12.8 Å². The predicted molar refractivity (Wildman–Crippen MR) is 65.4 cm³/mol. The summed E-state index contributed by atoms with van der Waals surface area (Å²) in [4.78, 5) is 0. The van der Waals surface area contributed by atoms with E-state index in [1.54, 1.807) is 7.05 Å². The van der Waals surface area contributed by atoms with Crippen molar-refractivity contribution in [3.63, 3.8) is 0 Å². The highest BCUT2D eigenvalue weighted by Crippen LogP contribution is 2.50. The van der Waals surface area contributed by atoms with Crippen LogP contribution in [-0.4, -0.2) is 37.0 Å². The Kier molecular flexibility index (Phi) is 2.80. The van der Waals surface area contributed by atoms with E-state index in [0.717, 1.165) is 16.7 Å². The number of likely N-dealkylation sites (N-methyl/N-ethyl adjacent to an activating group) is 1. The lowest BCUT2D eigenvalue weighted by Gasteiger charge is -2.18. The highest BCUT2D eigenvalue weighted by molar-refractivity contribution is 5.65. The van der Waals surface area contributed by atoms with Crippen molar-refractivity contribution in [1.82, 2.24) is 5.32 Å². The molecule has 2 aliphatic heterocycles. The Morgan fingerprint density at radius 2 is 1.83 bits per heavy atom. The van der Waals surface area contributed by atoms with Gasteiger partial charge in [-0.15, -0.1) is 0 Å². The second-order valence-electron chi connectivity index (χ2n) is 4.65. The van der Waals surface area contributed by atoms with E-state index in [1.807, 2.05) is 0 Å². The monoisotopic (exact) mass is 251 g/mol. The number of benzene rings is 1. The largest absolute Gasteiger partial charge is 0.504 e. The SMILES string of the molecule is CNCC(O)c1c2c(c(O)c3c1OCC3)OCC2. The van der Waals surface area contributed by atoms with E-state index in [-0.39, 0.29) is 5.75 Å². The normalized spacial score (nSPS) is 17.9. The molecule has 0 bridgehead atoms. The van der Waals surface area contributed by atoms with Crippen LogP contribution in [0.5, 0.6) is 17.2 Å². The molecule has 0 fully saturated rings. The van der Waals surface area contributed by atoms with Crippen LogP contribution in [0.1, 0.15) is 22.8 Å². The molecule has 1 aromatic rings. The second-order valence-corrected chi connectivity index (χ2v) is 4.65. The highest BCUT2D eigenvalue weighted by atomic mass is 16.5. The third-order valence-corrected chi connectivity index (χ3v) is 3.55. The van der Waals surface area contributed by atoms with E-state index in [9.17, 15) is 10.2 Å². The molecule has 3 N–H and O–H groups in total. The number of aromatic hydroxyl groups is 1. The molecule has 0 saturated carbocycles. The van der Waals surface area contributed by atoms with Gasteiger partial charge in [-0.1, -0.05) is 0 Å². The summed E-state index contributed by atoms with van der Waals surface area (Å²) in [5, 5.41) is 23.4. The molecule has 18 heavy (non-hydrogen) atoms. The van der Waals surface area contributed by atoms with Gasteiger partial charge in [-0.05, 0) is 7.05 Å². The van der Waals surface area contributed by atoms with Crippen LogP contribution in [0.3, 0.4) is 0 Å². The van der Waals surface area contributed by atoms with Gasteiger partial charge in [0.25, 0.3) is 0 Å². The summed E-state index contributed by atoms with van der Waals surface area (Å²) in [6.45, 7) is 1.54. The molecular formula is C13H17NO4. The number of hydrogen-bond acceptors (Lipinski definition) is 5. The predicted octanol–water partition coefficient (Wildman–Crippen LogP) is 0.515. The summed E-state index contributed by atoms with van der Waals surface area (Å²) in [6.07, 6.45) is 0.727. The fourth-order valence-corrected chi connectivity index (χ4v) is 2.77. The average molecular weight is 251 g/mol. The van der Waals surface area contributed by atoms with Gasteiger partial charge in [0.15, 0.2) is 11.5 Å². The zero-order valence-electron chi connectivity index (χ0n) is 10.3. The molecule has 1 atom stereocenters. The van der Waals surface area contributed by atoms with Crippen LogP contribution < -0.4 is 14.8 Å². The summed E-state index contributed by atoms with van der Waals surface area (Å²) < 4.78 is 11.1. The minimum Gasteiger partial charge on any atom is -0.504 e. The van der Waals surface area contributed by atoms with Crippen LogP contribution in [0.25, 0.3) is 0 Å². The van der Waals surface area contributed by atoms with Crippen molar-refractivity contribution >= 4 is 0 Å². The Morgan fingerprint density at radius 3 is 2.56 bits per heavy atom. The molecule has 0 saturated heterocycles. The number of nitrogens with one attached hydrogen (secondary N) is 1. The van der Waals surface area contributed by atoms with E-state index < -0.39 is 6.10 Å². The smallest absolute Gasteiger partial charge is 0.165 e. The molecule has 0 aliphatic carbocycles. The number of ether oxygens (including phenoxy) is 2. The van der Waals surface area contributed by atoms with Crippen LogP contribution in [0.15, 0.2) is 0 Å². The molecular weight excluding hydrogens is 234 g/mol. The van der Waals surface area contributed by atoms with Crippen LogP contribution in [0.2, 0.25) is 0 Å². The highest BCUT2D eigenvalue weighted by Gasteiger charge is 2.33. The summed E-state index contributed by atoms with van der Waals surface area (Å²) in [5.41, 5.74) is 2.43. The Balaban J connectivity index is 2.18. The number of hydrogen-bond donors (Lipinski definition) is 3. The fraction of sp³-hybridized carbons (Fsp3) is 0.538. The summed E-state index contributed by atoms with van der Waals surface area (Å²) >= 11 is 0. The number of phenols is 1. The van der Waals surface area contributed by atoms with Crippen molar-refractivity contribution in [1.29, 1.82) is 0 Å². The quantitative estimate of drug-likeness (QED) is 0.730. The molecule has 0 amide bonds. The Labute approximate surface area is 105 Å². The van der Waals surface area contributed by atoms with E-state index in [2.05, 4.69) is 5.32 Å². The molecule has 2 aliphatic rings. The Hall–Kier alpha value is -1.46. The van der Waals surface area contributed by atoms with Gasteiger partial charge < -0.3 is 25.0 Å². The molecule has 1 unspecified atom stereocenters. The Morgan fingerprint density at radius 1 is 1.17 bits per heavy atom. The molecule has 2 heterocycles. The first-order valence-electron chi connectivity index (χ1n) is 6.22. The lowest BCUT2D eigenvalue weighted by molar-refractivity contribution is 0.172. The van der Waals surface area contributed by atoms with Gasteiger partial charge in [0.1, 0.15) is 5.75 Å². The van der Waals surface area contributed by atoms with Crippen LogP contribution in [0.4, 0.5) is 0 Å². The van der Waals surface area contributed by atoms with Crippen LogP contribution >= 0.6 is 0 Å². The van der Waals surface area contributed by atoms with E-state index in [1.165, 1.54) is 0 Å². The molecule has 5 heteroatoms. The third-order valence-electron chi connectivity index (χ3n) is 3.55. The van der Waals surface area contributed by atoms with Gasteiger partial charge in [-0.3, -0.25) is 0 Å². The van der Waals surface area contributed by atoms with Gasteiger partial charge in [0.2, 0.25) is 0 Å². The minimum absolute atomic E-state index is 0.190. The van der Waals surface area contributed by atoms with Crippen molar-refractivity contribution in [3.05, 3.63) is 16.7 Å². The molecule has 0 spiro atoms. The van der Waals surface area contributed by atoms with Gasteiger partial charge in [0.05, 0.1) is 19.3 Å². The van der Waals surface area contributed by atoms with E-state index in [0.29, 0.717) is 44.1 Å². The lowest BCUT2D eigenvalue weighted by atomic mass is 9.94. The number of phenolic OH excluding ortho intramolecular Hbond substituents is 1. The zero-order chi connectivity index (χ0) is 12.7. The van der Waals surface area contributed by atoms with Gasteiger partial charge in [-0.25, -0.2) is 0 Å². The maximum absolute atomic E-state index is 10.3. The fourth-order valence-electron chi connectivity index (χ4n) is 2.77. The van der Waals surface area contributed by atoms with Gasteiger partial charge in [-0.2, -0.15) is 0 Å². The first kappa shape index (κ1) is 11.6. The van der Waals surface area contributed by atoms with Gasteiger partial charge in [0, 0.05) is 36.1 Å². The van der Waals surface area contributed by atoms with Crippen molar-refractivity contribution < 1.29 is 19.7 Å². The molecule has 3 rings (SSSR count). The topological polar surface area (TPSA) is 71.0 Å². The third kappa shape index (κ3) is 1.54.